The average Bonchev–Trinajstić information content (AvgIpc) is 3.52. The minimum Gasteiger partial charge on any atom is -0.496 e. The van der Waals surface area contributed by atoms with Crippen LogP contribution in [0.5, 0.6) is 5.75 Å². The molecule has 0 bridgehead atoms. The second-order valence-electron chi connectivity index (χ2n) is 10.5. The van der Waals surface area contributed by atoms with E-state index in [1.54, 1.807) is 6.92 Å². The van der Waals surface area contributed by atoms with Gasteiger partial charge in [0.15, 0.2) is 0 Å². The summed E-state index contributed by atoms with van der Waals surface area (Å²) in [7, 11) is 1.45. The maximum absolute atomic E-state index is 14.5. The number of amides is 2. The van der Waals surface area contributed by atoms with Gasteiger partial charge in [0.05, 0.1) is 56.6 Å². The summed E-state index contributed by atoms with van der Waals surface area (Å²) in [5.41, 5.74) is 0.160. The summed E-state index contributed by atoms with van der Waals surface area (Å²) in [4.78, 5) is 27.9. The number of nitrogens with one attached hydrogen (secondary N) is 1. The average molecular weight is 616 g/mol. The number of aromatic nitrogens is 3. The lowest BCUT2D eigenvalue weighted by Gasteiger charge is -2.32. The molecule has 2 atom stereocenters. The van der Waals surface area contributed by atoms with Crippen molar-refractivity contribution in [2.75, 3.05) is 26.9 Å². The number of carboxylic acid groups (broad SMARTS) is 1. The monoisotopic (exact) mass is 615 g/mol. The van der Waals surface area contributed by atoms with Crippen LogP contribution in [-0.2, 0) is 20.9 Å². The van der Waals surface area contributed by atoms with Gasteiger partial charge in [-0.3, -0.25) is 4.90 Å². The van der Waals surface area contributed by atoms with E-state index in [4.69, 9.17) is 14.2 Å². The summed E-state index contributed by atoms with van der Waals surface area (Å²) in [6.07, 6.45) is 2.02. The van der Waals surface area contributed by atoms with E-state index in [1.807, 2.05) is 37.3 Å². The molecule has 0 aliphatic carbocycles. The largest absolute Gasteiger partial charge is 0.496 e. The van der Waals surface area contributed by atoms with Gasteiger partial charge in [-0.25, -0.2) is 14.0 Å². The van der Waals surface area contributed by atoms with Crippen LogP contribution < -0.4 is 10.1 Å². The number of nitrogens with zero attached hydrogens (tertiary/aromatic N) is 4. The Morgan fingerprint density at radius 2 is 1.81 bits per heavy atom. The first-order chi connectivity index (χ1) is 20.4. The van der Waals surface area contributed by atoms with Crippen molar-refractivity contribution in [1.82, 2.24) is 25.2 Å². The number of hydrogen-bond acceptors (Lipinski definition) is 8. The SMILES string of the molecule is COc1ccc(F)cc1[C@H](CN(C(=O)NC(C)(C)C(=O)O)/C(S)=C(\C)n1nccn1)OCC(C)COCc1ccccc1. The number of aliphatic carboxylic acids is 1. The van der Waals surface area contributed by atoms with E-state index < -0.39 is 29.5 Å². The zero-order chi connectivity index (χ0) is 31.6. The van der Waals surface area contributed by atoms with Crippen LogP contribution in [0, 0.1) is 11.7 Å². The fraction of sp³-hybridized carbons (Fsp3) is 0.400. The molecule has 0 saturated carbocycles. The molecule has 0 aliphatic rings. The summed E-state index contributed by atoms with van der Waals surface area (Å²) in [5, 5.41) is 20.5. The summed E-state index contributed by atoms with van der Waals surface area (Å²) >= 11 is 4.61. The van der Waals surface area contributed by atoms with Crippen LogP contribution in [0.15, 0.2) is 66.0 Å². The van der Waals surface area contributed by atoms with E-state index in [0.29, 0.717) is 30.2 Å². The van der Waals surface area contributed by atoms with Gasteiger partial charge < -0.3 is 24.6 Å². The fourth-order valence-corrected chi connectivity index (χ4v) is 4.23. The van der Waals surface area contributed by atoms with Gasteiger partial charge in [0.1, 0.15) is 23.2 Å². The molecule has 0 spiro atoms. The molecular weight excluding hydrogens is 577 g/mol. The van der Waals surface area contributed by atoms with Crippen molar-refractivity contribution in [3.05, 3.63) is 82.9 Å². The number of methoxy groups -OCH3 is 1. The molecule has 0 fully saturated rings. The number of hydrogen-bond donors (Lipinski definition) is 3. The highest BCUT2D eigenvalue weighted by Crippen LogP contribution is 2.32. The fourth-order valence-electron chi connectivity index (χ4n) is 3.97. The maximum Gasteiger partial charge on any atom is 0.328 e. The standard InChI is InChI=1S/C30H38FN5O6S/c1-20(17-41-19-22-9-7-6-8-10-22)18-42-26(24-15-23(31)11-12-25(24)40-5)16-35(29(39)34-30(3,4)28(37)38)27(43)21(2)36-32-13-14-33-36/h6-15,20,26,43H,16-19H2,1-5H3,(H,34,39)(H,37,38)/b27-21-/t20?,26-/m0/s1. The predicted octanol–water partition coefficient (Wildman–Crippen LogP) is 4.99. The predicted molar refractivity (Wildman–Crippen MR) is 162 cm³/mol. The lowest BCUT2D eigenvalue weighted by atomic mass is 10.1. The number of allylic oxidation sites excluding steroid dienone is 1. The molecule has 11 nitrogen and oxygen atoms in total. The van der Waals surface area contributed by atoms with Crippen molar-refractivity contribution in [2.45, 2.75) is 45.9 Å². The Bertz CT molecular complexity index is 1390. The van der Waals surface area contributed by atoms with Crippen LogP contribution >= 0.6 is 12.6 Å². The van der Waals surface area contributed by atoms with E-state index in [1.165, 1.54) is 61.2 Å². The molecule has 1 unspecified atom stereocenters. The smallest absolute Gasteiger partial charge is 0.328 e. The van der Waals surface area contributed by atoms with Crippen LogP contribution in [0.25, 0.3) is 5.70 Å². The highest BCUT2D eigenvalue weighted by molar-refractivity contribution is 7.84. The summed E-state index contributed by atoms with van der Waals surface area (Å²) in [6, 6.07) is 13.0. The molecule has 2 amide bonds. The molecule has 1 heterocycles. The Hall–Kier alpha value is -3.94. The number of carbonyl (C=O) groups is 2. The lowest BCUT2D eigenvalue weighted by molar-refractivity contribution is -0.143. The van der Waals surface area contributed by atoms with Gasteiger partial charge >= 0.3 is 12.0 Å². The number of rotatable bonds is 15. The van der Waals surface area contributed by atoms with E-state index in [-0.39, 0.29) is 24.1 Å². The van der Waals surface area contributed by atoms with Crippen LogP contribution in [0.1, 0.15) is 44.9 Å². The van der Waals surface area contributed by atoms with E-state index in [0.717, 1.165) is 5.56 Å². The van der Waals surface area contributed by atoms with Crippen LogP contribution in [0.3, 0.4) is 0 Å². The molecule has 3 rings (SSSR count). The summed E-state index contributed by atoms with van der Waals surface area (Å²) in [5.74, 6) is -1.48. The second kappa shape index (κ2) is 15.5. The van der Waals surface area contributed by atoms with Crippen LogP contribution in [0.4, 0.5) is 9.18 Å². The van der Waals surface area contributed by atoms with Crippen molar-refractivity contribution in [3.8, 4) is 5.75 Å². The molecule has 0 radical (unpaired) electrons. The number of thiol groups is 1. The number of carboxylic acids is 1. The van der Waals surface area contributed by atoms with Gasteiger partial charge in [-0.05, 0) is 44.5 Å². The second-order valence-corrected chi connectivity index (χ2v) is 10.9. The number of benzene rings is 2. The zero-order valence-electron chi connectivity index (χ0n) is 24.9. The topological polar surface area (TPSA) is 128 Å². The van der Waals surface area contributed by atoms with Gasteiger partial charge in [0, 0.05) is 11.5 Å². The van der Waals surface area contributed by atoms with Crippen molar-refractivity contribution in [1.29, 1.82) is 0 Å². The number of ether oxygens (including phenoxy) is 3. The molecule has 2 N–H and O–H groups in total. The molecular formula is C30H38FN5O6S. The van der Waals surface area contributed by atoms with Gasteiger partial charge in [-0.15, -0.1) is 12.6 Å². The Labute approximate surface area is 256 Å². The molecule has 0 aliphatic heterocycles. The summed E-state index contributed by atoms with van der Waals surface area (Å²) in [6.45, 7) is 7.15. The van der Waals surface area contributed by atoms with Crippen molar-refractivity contribution in [2.24, 2.45) is 5.92 Å². The highest BCUT2D eigenvalue weighted by Gasteiger charge is 2.34. The van der Waals surface area contributed by atoms with Crippen LogP contribution in [-0.4, -0.2) is 69.4 Å². The van der Waals surface area contributed by atoms with E-state index >= 15 is 0 Å². The molecule has 2 aromatic carbocycles. The molecule has 3 aromatic rings. The van der Waals surface area contributed by atoms with Gasteiger partial charge in [-0.1, -0.05) is 37.3 Å². The van der Waals surface area contributed by atoms with E-state index in [2.05, 4.69) is 28.1 Å². The Morgan fingerprint density at radius 1 is 1.14 bits per heavy atom. The molecule has 13 heteroatoms. The minimum atomic E-state index is -1.61. The number of urea groups is 1. The third-order valence-corrected chi connectivity index (χ3v) is 7.05. The van der Waals surface area contributed by atoms with Crippen molar-refractivity contribution < 1.29 is 33.3 Å². The maximum atomic E-state index is 14.5. The first-order valence-electron chi connectivity index (χ1n) is 13.6. The van der Waals surface area contributed by atoms with E-state index in [9.17, 15) is 19.1 Å². The first-order valence-corrected chi connectivity index (χ1v) is 14.0. The Balaban J connectivity index is 1.91. The van der Waals surface area contributed by atoms with Gasteiger partial charge in [0.2, 0.25) is 0 Å². The van der Waals surface area contributed by atoms with Gasteiger partial charge in [0.25, 0.3) is 0 Å². The molecule has 1 aromatic heterocycles. The molecule has 43 heavy (non-hydrogen) atoms. The van der Waals surface area contributed by atoms with Crippen molar-refractivity contribution in [3.63, 3.8) is 0 Å². The lowest BCUT2D eigenvalue weighted by Crippen LogP contribution is -2.54. The minimum absolute atomic E-state index is 0.0694. The highest BCUT2D eigenvalue weighted by atomic mass is 32.1. The van der Waals surface area contributed by atoms with Crippen molar-refractivity contribution >= 4 is 30.3 Å². The quantitative estimate of drug-likeness (QED) is 0.204. The first kappa shape index (κ1) is 33.6. The third-order valence-electron chi connectivity index (χ3n) is 6.48. The number of carbonyl (C=O) groups excluding carboxylic acids is 1. The Kier molecular flexibility index (Phi) is 12.1. The van der Waals surface area contributed by atoms with Gasteiger partial charge in [-0.2, -0.15) is 15.0 Å². The summed E-state index contributed by atoms with van der Waals surface area (Å²) < 4.78 is 32.2. The molecule has 232 valence electrons. The van der Waals surface area contributed by atoms with Crippen LogP contribution in [0.2, 0.25) is 0 Å². The molecule has 0 saturated heterocycles. The zero-order valence-corrected chi connectivity index (χ0v) is 25.8. The number of halogens is 1. The Morgan fingerprint density at radius 3 is 2.44 bits per heavy atom. The third kappa shape index (κ3) is 9.53. The normalized spacial score (nSPS) is 13.6.